The van der Waals surface area contributed by atoms with Crippen LogP contribution < -0.4 is 5.73 Å². The number of hydrogen-bond acceptors (Lipinski definition) is 2. The van der Waals surface area contributed by atoms with Crippen LogP contribution in [0, 0.1) is 0 Å². The molecule has 0 bridgehead atoms. The van der Waals surface area contributed by atoms with Crippen LogP contribution in [-0.2, 0) is 19.9 Å². The van der Waals surface area contributed by atoms with Gasteiger partial charge in [-0.3, -0.25) is 4.68 Å². The average molecular weight is 343 g/mol. The summed E-state index contributed by atoms with van der Waals surface area (Å²) in [5.41, 5.74) is 9.52. The first-order valence-electron chi connectivity index (χ1n) is 6.23. The molecular weight excluding hydrogens is 326 g/mol. The van der Waals surface area contributed by atoms with Crippen LogP contribution in [0.4, 0.5) is 0 Å². The van der Waals surface area contributed by atoms with Crippen molar-refractivity contribution in [1.29, 1.82) is 0 Å². The Bertz CT molecular complexity index is 580. The number of nitrogens with two attached hydrogens (primary N) is 1. The first-order chi connectivity index (χ1) is 9.01. The topological polar surface area (TPSA) is 43.8 Å². The van der Waals surface area contributed by atoms with Crippen LogP contribution in [0.15, 0.2) is 28.7 Å². The number of benzene rings is 1. The molecule has 0 spiro atoms. The summed E-state index contributed by atoms with van der Waals surface area (Å²) in [4.78, 5) is 0. The highest BCUT2D eigenvalue weighted by atomic mass is 79.9. The van der Waals surface area contributed by atoms with E-state index < -0.39 is 0 Å². The molecule has 2 N–H and O–H groups in total. The van der Waals surface area contributed by atoms with E-state index in [1.807, 2.05) is 29.9 Å². The summed E-state index contributed by atoms with van der Waals surface area (Å²) in [5, 5.41) is 5.12. The van der Waals surface area contributed by atoms with Crippen molar-refractivity contribution in [1.82, 2.24) is 9.78 Å². The van der Waals surface area contributed by atoms with Gasteiger partial charge in [-0.25, -0.2) is 0 Å². The zero-order valence-electron chi connectivity index (χ0n) is 11.0. The summed E-state index contributed by atoms with van der Waals surface area (Å²) < 4.78 is 2.79. The zero-order chi connectivity index (χ0) is 14.0. The Morgan fingerprint density at radius 3 is 2.74 bits per heavy atom. The van der Waals surface area contributed by atoms with E-state index in [0.717, 1.165) is 34.3 Å². The molecule has 1 aromatic carbocycles. The van der Waals surface area contributed by atoms with Gasteiger partial charge in [0.2, 0.25) is 0 Å². The predicted molar refractivity (Wildman–Crippen MR) is 82.4 cm³/mol. The Labute approximate surface area is 126 Å². The molecule has 1 atom stereocenters. The van der Waals surface area contributed by atoms with Gasteiger partial charge >= 0.3 is 0 Å². The highest BCUT2D eigenvalue weighted by Gasteiger charge is 2.12. The minimum atomic E-state index is -0.0780. The van der Waals surface area contributed by atoms with Crippen LogP contribution >= 0.6 is 27.5 Å². The van der Waals surface area contributed by atoms with E-state index in [1.165, 1.54) is 0 Å². The quantitative estimate of drug-likeness (QED) is 0.922. The van der Waals surface area contributed by atoms with E-state index in [-0.39, 0.29) is 6.04 Å². The zero-order valence-corrected chi connectivity index (χ0v) is 13.4. The third-order valence-electron chi connectivity index (χ3n) is 3.19. The summed E-state index contributed by atoms with van der Waals surface area (Å²) in [6.45, 7) is 2.10. The molecule has 3 nitrogen and oxygen atoms in total. The minimum absolute atomic E-state index is 0.0780. The van der Waals surface area contributed by atoms with Gasteiger partial charge in [-0.1, -0.05) is 24.6 Å². The van der Waals surface area contributed by atoms with E-state index in [0.29, 0.717) is 5.02 Å². The standard InChI is InChI=1S/C14H17BrClN3/c1-3-10-7-11(19(2)18-10)8-14(17)9-4-5-12(15)13(16)6-9/h4-7,14H,3,8,17H2,1-2H3. The lowest BCUT2D eigenvalue weighted by Gasteiger charge is -2.13. The van der Waals surface area contributed by atoms with Crippen molar-refractivity contribution in [2.24, 2.45) is 12.8 Å². The third kappa shape index (κ3) is 3.38. The molecule has 5 heteroatoms. The number of rotatable bonds is 4. The molecule has 0 radical (unpaired) electrons. The second kappa shape index (κ2) is 6.07. The lowest BCUT2D eigenvalue weighted by atomic mass is 10.0. The molecule has 0 amide bonds. The fourth-order valence-corrected chi connectivity index (χ4v) is 2.46. The number of halogens is 2. The summed E-state index contributed by atoms with van der Waals surface area (Å²) in [6, 6.07) is 7.87. The fraction of sp³-hybridized carbons (Fsp3) is 0.357. The van der Waals surface area contributed by atoms with Gasteiger partial charge in [-0.05, 0) is 46.1 Å². The smallest absolute Gasteiger partial charge is 0.0624 e. The van der Waals surface area contributed by atoms with Crippen molar-refractivity contribution < 1.29 is 0 Å². The number of aromatic nitrogens is 2. The maximum Gasteiger partial charge on any atom is 0.0624 e. The van der Waals surface area contributed by atoms with Gasteiger partial charge in [0.05, 0.1) is 10.7 Å². The molecule has 2 rings (SSSR count). The Hall–Kier alpha value is -0.840. The molecule has 0 fully saturated rings. The van der Waals surface area contributed by atoms with Gasteiger partial charge in [-0.2, -0.15) is 5.10 Å². The van der Waals surface area contributed by atoms with Crippen molar-refractivity contribution in [3.63, 3.8) is 0 Å². The van der Waals surface area contributed by atoms with Crippen LogP contribution in [-0.4, -0.2) is 9.78 Å². The summed E-state index contributed by atoms with van der Waals surface area (Å²) in [7, 11) is 1.95. The Kier molecular flexibility index (Phi) is 4.66. The van der Waals surface area contributed by atoms with Gasteiger partial charge in [0.1, 0.15) is 0 Å². The second-order valence-corrected chi connectivity index (χ2v) is 5.85. The Morgan fingerprint density at radius 1 is 1.42 bits per heavy atom. The van der Waals surface area contributed by atoms with Crippen molar-refractivity contribution in [2.45, 2.75) is 25.8 Å². The summed E-state index contributed by atoms with van der Waals surface area (Å²) in [6.07, 6.45) is 1.69. The first kappa shape index (κ1) is 14.6. The van der Waals surface area contributed by atoms with Crippen LogP contribution in [0.2, 0.25) is 5.02 Å². The Morgan fingerprint density at radius 2 is 2.16 bits per heavy atom. The van der Waals surface area contributed by atoms with Gasteiger partial charge in [-0.15, -0.1) is 0 Å². The highest BCUT2D eigenvalue weighted by molar-refractivity contribution is 9.10. The first-order valence-corrected chi connectivity index (χ1v) is 7.40. The lowest BCUT2D eigenvalue weighted by molar-refractivity contribution is 0.638. The molecular formula is C14H17BrClN3. The number of nitrogens with zero attached hydrogens (tertiary/aromatic N) is 2. The molecule has 2 aromatic rings. The molecule has 0 saturated heterocycles. The SMILES string of the molecule is CCc1cc(CC(N)c2ccc(Br)c(Cl)c2)n(C)n1. The van der Waals surface area contributed by atoms with E-state index in [9.17, 15) is 0 Å². The van der Waals surface area contributed by atoms with E-state index in [2.05, 4.69) is 34.0 Å². The van der Waals surface area contributed by atoms with Crippen molar-refractivity contribution in [2.75, 3.05) is 0 Å². The molecule has 1 unspecified atom stereocenters. The third-order valence-corrected chi connectivity index (χ3v) is 4.42. The van der Waals surface area contributed by atoms with Crippen molar-refractivity contribution >= 4 is 27.5 Å². The summed E-state index contributed by atoms with van der Waals surface area (Å²) >= 11 is 9.48. The van der Waals surface area contributed by atoms with Crippen LogP contribution in [0.5, 0.6) is 0 Å². The molecule has 0 aliphatic heterocycles. The van der Waals surface area contributed by atoms with Gasteiger partial charge < -0.3 is 5.73 Å². The number of hydrogen-bond donors (Lipinski definition) is 1. The van der Waals surface area contributed by atoms with E-state index >= 15 is 0 Å². The normalized spacial score (nSPS) is 12.7. The van der Waals surface area contributed by atoms with Gasteiger partial charge in [0.15, 0.2) is 0 Å². The molecule has 0 aliphatic carbocycles. The van der Waals surface area contributed by atoms with Gasteiger partial charge in [0.25, 0.3) is 0 Å². The molecule has 102 valence electrons. The Balaban J connectivity index is 2.17. The van der Waals surface area contributed by atoms with Crippen LogP contribution in [0.3, 0.4) is 0 Å². The monoisotopic (exact) mass is 341 g/mol. The van der Waals surface area contributed by atoms with Gasteiger partial charge in [0, 0.05) is 29.7 Å². The summed E-state index contributed by atoms with van der Waals surface area (Å²) in [5.74, 6) is 0. The minimum Gasteiger partial charge on any atom is -0.324 e. The second-order valence-electron chi connectivity index (χ2n) is 4.59. The molecule has 1 aromatic heterocycles. The largest absolute Gasteiger partial charge is 0.324 e. The molecule has 0 aliphatic rings. The predicted octanol–water partition coefficient (Wildman–Crippen LogP) is 3.64. The molecule has 19 heavy (non-hydrogen) atoms. The van der Waals surface area contributed by atoms with E-state index in [1.54, 1.807) is 0 Å². The van der Waals surface area contributed by atoms with Crippen molar-refractivity contribution in [3.8, 4) is 0 Å². The highest BCUT2D eigenvalue weighted by Crippen LogP contribution is 2.26. The average Bonchev–Trinajstić information content (AvgIpc) is 2.73. The lowest BCUT2D eigenvalue weighted by Crippen LogP contribution is -2.15. The van der Waals surface area contributed by atoms with E-state index in [4.69, 9.17) is 17.3 Å². The number of aryl methyl sites for hydroxylation is 2. The van der Waals surface area contributed by atoms with Crippen LogP contribution in [0.25, 0.3) is 0 Å². The van der Waals surface area contributed by atoms with Crippen molar-refractivity contribution in [3.05, 3.63) is 50.7 Å². The fourth-order valence-electron chi connectivity index (χ4n) is 2.02. The molecule has 0 saturated carbocycles. The maximum atomic E-state index is 6.25. The molecule has 1 heterocycles. The maximum absolute atomic E-state index is 6.25. The van der Waals surface area contributed by atoms with Crippen LogP contribution in [0.1, 0.15) is 29.9 Å².